The fourth-order valence-corrected chi connectivity index (χ4v) is 4.25. The summed E-state index contributed by atoms with van der Waals surface area (Å²) >= 11 is 0. The van der Waals surface area contributed by atoms with Crippen molar-refractivity contribution in [2.45, 2.75) is 57.4 Å². The molecule has 37 heavy (non-hydrogen) atoms. The number of ether oxygens (including phenoxy) is 1. The predicted molar refractivity (Wildman–Crippen MR) is 137 cm³/mol. The zero-order valence-electron chi connectivity index (χ0n) is 21.0. The number of benzene rings is 1. The van der Waals surface area contributed by atoms with E-state index in [1.807, 2.05) is 12.1 Å². The Kier molecular flexibility index (Phi) is 8.06. The van der Waals surface area contributed by atoms with Crippen LogP contribution in [0.5, 0.6) is 0 Å². The highest BCUT2D eigenvalue weighted by Crippen LogP contribution is 2.26. The molecule has 0 amide bonds. The Morgan fingerprint density at radius 2 is 1.92 bits per heavy atom. The van der Waals surface area contributed by atoms with E-state index >= 15 is 0 Å². The lowest BCUT2D eigenvalue weighted by Gasteiger charge is -2.23. The van der Waals surface area contributed by atoms with Crippen LogP contribution in [-0.2, 0) is 23.2 Å². The van der Waals surface area contributed by atoms with E-state index in [1.165, 1.54) is 4.57 Å². The van der Waals surface area contributed by atoms with Gasteiger partial charge in [0.25, 0.3) is 0 Å². The highest BCUT2D eigenvalue weighted by molar-refractivity contribution is 5.83. The molecule has 0 unspecified atom stereocenters. The molecule has 2 aromatic heterocycles. The van der Waals surface area contributed by atoms with Gasteiger partial charge in [-0.05, 0) is 68.5 Å². The number of nitriles is 1. The van der Waals surface area contributed by atoms with Gasteiger partial charge in [0.05, 0.1) is 41.3 Å². The van der Waals surface area contributed by atoms with Crippen molar-refractivity contribution in [3.05, 3.63) is 59.5 Å². The number of aromatic nitrogens is 2. The summed E-state index contributed by atoms with van der Waals surface area (Å²) in [7, 11) is 0. The first kappa shape index (κ1) is 26.5. The van der Waals surface area contributed by atoms with Crippen LogP contribution in [0, 0.1) is 23.2 Å². The summed E-state index contributed by atoms with van der Waals surface area (Å²) in [5, 5.41) is 16.6. The SMILES string of the molecule is CC(C)(C#N)c1ccc(NCC#Cc2cc3cc(CNC4CCOCC4)ccc3n2CC(F)(F)F)cn1. The number of halogens is 3. The molecule has 1 aliphatic rings. The van der Waals surface area contributed by atoms with Gasteiger partial charge >= 0.3 is 6.18 Å². The molecule has 0 saturated carbocycles. The molecule has 0 aliphatic carbocycles. The van der Waals surface area contributed by atoms with Crippen LogP contribution in [0.1, 0.15) is 43.6 Å². The van der Waals surface area contributed by atoms with Gasteiger partial charge in [0.1, 0.15) is 6.54 Å². The minimum Gasteiger partial charge on any atom is -0.381 e. The van der Waals surface area contributed by atoms with Gasteiger partial charge in [-0.3, -0.25) is 4.98 Å². The minimum absolute atomic E-state index is 0.233. The lowest BCUT2D eigenvalue weighted by molar-refractivity contribution is -0.140. The second kappa shape index (κ2) is 11.2. The second-order valence-electron chi connectivity index (χ2n) is 9.72. The third-order valence-corrected chi connectivity index (χ3v) is 6.40. The molecule has 1 aromatic carbocycles. The van der Waals surface area contributed by atoms with Gasteiger partial charge in [-0.15, -0.1) is 0 Å². The van der Waals surface area contributed by atoms with Gasteiger partial charge in [0.2, 0.25) is 0 Å². The Morgan fingerprint density at radius 3 is 2.59 bits per heavy atom. The quantitative estimate of drug-likeness (QED) is 0.432. The van der Waals surface area contributed by atoms with E-state index in [9.17, 15) is 18.4 Å². The molecule has 2 N–H and O–H groups in total. The van der Waals surface area contributed by atoms with E-state index in [4.69, 9.17) is 4.74 Å². The van der Waals surface area contributed by atoms with Crippen molar-refractivity contribution in [1.29, 1.82) is 5.26 Å². The van der Waals surface area contributed by atoms with Crippen LogP contribution >= 0.6 is 0 Å². The summed E-state index contributed by atoms with van der Waals surface area (Å²) in [6, 6.07) is 13.4. The highest BCUT2D eigenvalue weighted by atomic mass is 19.4. The van der Waals surface area contributed by atoms with E-state index in [0.717, 1.165) is 37.0 Å². The van der Waals surface area contributed by atoms with E-state index in [0.29, 0.717) is 35.2 Å². The number of anilines is 1. The summed E-state index contributed by atoms with van der Waals surface area (Å²) in [6.07, 6.45) is -0.840. The first-order valence-electron chi connectivity index (χ1n) is 12.3. The number of nitrogens with one attached hydrogen (secondary N) is 2. The third kappa shape index (κ3) is 7.03. The largest absolute Gasteiger partial charge is 0.406 e. The first-order chi connectivity index (χ1) is 17.6. The predicted octanol–water partition coefficient (Wildman–Crippen LogP) is 5.13. The molecule has 1 fully saturated rings. The standard InChI is InChI=1S/C28H30F3N5O/c1-27(2,18-32)26-8-6-23(17-35-26)33-11-3-4-24-15-21-14-20(16-34-22-9-12-37-13-10-22)5-7-25(21)36(24)19-28(29,30)31/h5-8,14-15,17,22,33-34H,9-13,16,19H2,1-2H3. The maximum absolute atomic E-state index is 13.4. The van der Waals surface area contributed by atoms with Crippen molar-refractivity contribution >= 4 is 16.6 Å². The van der Waals surface area contributed by atoms with Crippen LogP contribution in [-0.4, -0.2) is 41.5 Å². The summed E-state index contributed by atoms with van der Waals surface area (Å²) in [4.78, 5) is 4.32. The molecule has 1 saturated heterocycles. The Hall–Kier alpha value is -3.53. The van der Waals surface area contributed by atoms with E-state index in [2.05, 4.69) is 33.5 Å². The fraction of sp³-hybridized carbons (Fsp3) is 0.429. The van der Waals surface area contributed by atoms with Crippen molar-refractivity contribution in [2.24, 2.45) is 0 Å². The smallest absolute Gasteiger partial charge is 0.381 e. The van der Waals surface area contributed by atoms with Crippen molar-refractivity contribution in [1.82, 2.24) is 14.9 Å². The first-order valence-corrected chi connectivity index (χ1v) is 12.3. The molecule has 0 atom stereocenters. The van der Waals surface area contributed by atoms with Crippen molar-refractivity contribution in [3.8, 4) is 17.9 Å². The molecule has 0 spiro atoms. The molecule has 3 heterocycles. The molecule has 4 rings (SSSR count). The average Bonchev–Trinajstić information content (AvgIpc) is 3.21. The van der Waals surface area contributed by atoms with Crippen LogP contribution in [0.15, 0.2) is 42.6 Å². The molecule has 6 nitrogen and oxygen atoms in total. The minimum atomic E-state index is -4.37. The van der Waals surface area contributed by atoms with E-state index in [1.54, 1.807) is 44.3 Å². The summed E-state index contributed by atoms with van der Waals surface area (Å²) in [6.45, 7) is 4.85. The van der Waals surface area contributed by atoms with Gasteiger partial charge < -0.3 is 19.9 Å². The van der Waals surface area contributed by atoms with Gasteiger partial charge in [-0.2, -0.15) is 18.4 Å². The average molecular weight is 510 g/mol. The Labute approximate surface area is 214 Å². The van der Waals surface area contributed by atoms with E-state index < -0.39 is 18.1 Å². The zero-order valence-corrected chi connectivity index (χ0v) is 21.0. The number of hydrogen-bond acceptors (Lipinski definition) is 5. The maximum atomic E-state index is 13.4. The number of rotatable bonds is 7. The van der Waals surface area contributed by atoms with Crippen LogP contribution < -0.4 is 10.6 Å². The molecule has 9 heteroatoms. The fourth-order valence-electron chi connectivity index (χ4n) is 4.25. The number of alkyl halides is 3. The monoisotopic (exact) mass is 509 g/mol. The summed E-state index contributed by atoms with van der Waals surface area (Å²) in [5.74, 6) is 5.82. The van der Waals surface area contributed by atoms with Gasteiger partial charge in [-0.25, -0.2) is 0 Å². The van der Waals surface area contributed by atoms with Gasteiger partial charge in [0.15, 0.2) is 0 Å². The summed E-state index contributed by atoms with van der Waals surface area (Å²) in [5.41, 5.74) is 2.51. The van der Waals surface area contributed by atoms with Crippen LogP contribution in [0.25, 0.3) is 10.9 Å². The van der Waals surface area contributed by atoms with Crippen LogP contribution in [0.2, 0.25) is 0 Å². The Bertz CT molecular complexity index is 1320. The van der Waals surface area contributed by atoms with E-state index in [-0.39, 0.29) is 6.54 Å². The lowest BCUT2D eigenvalue weighted by atomic mass is 9.91. The van der Waals surface area contributed by atoms with Crippen LogP contribution in [0.3, 0.4) is 0 Å². The van der Waals surface area contributed by atoms with Crippen LogP contribution in [0.4, 0.5) is 18.9 Å². The molecule has 0 bridgehead atoms. The molecule has 1 aliphatic heterocycles. The molecule has 194 valence electrons. The normalized spacial score (nSPS) is 14.7. The number of hydrogen-bond donors (Lipinski definition) is 2. The Balaban J connectivity index is 1.48. The van der Waals surface area contributed by atoms with Crippen molar-refractivity contribution < 1.29 is 17.9 Å². The van der Waals surface area contributed by atoms with Gasteiger partial charge in [0, 0.05) is 36.7 Å². The third-order valence-electron chi connectivity index (χ3n) is 6.40. The second-order valence-corrected chi connectivity index (χ2v) is 9.72. The molecular weight excluding hydrogens is 479 g/mol. The molecular formula is C28H30F3N5O. The van der Waals surface area contributed by atoms with Gasteiger partial charge in [-0.1, -0.05) is 12.0 Å². The maximum Gasteiger partial charge on any atom is 0.406 e. The number of pyridine rings is 1. The summed E-state index contributed by atoms with van der Waals surface area (Å²) < 4.78 is 46.7. The Morgan fingerprint density at radius 1 is 1.14 bits per heavy atom. The number of nitrogens with zero attached hydrogens (tertiary/aromatic N) is 3. The number of fused-ring (bicyclic) bond motifs is 1. The zero-order chi connectivity index (χ0) is 26.5. The topological polar surface area (TPSA) is 74.9 Å². The highest BCUT2D eigenvalue weighted by Gasteiger charge is 2.29. The molecule has 0 radical (unpaired) electrons. The van der Waals surface area contributed by atoms with Crippen molar-refractivity contribution in [2.75, 3.05) is 25.1 Å². The molecule has 3 aromatic rings. The van der Waals surface area contributed by atoms with Crippen molar-refractivity contribution in [3.63, 3.8) is 0 Å². The lowest BCUT2D eigenvalue weighted by Crippen LogP contribution is -2.34.